The molecule has 0 aliphatic carbocycles. The maximum absolute atomic E-state index is 2.47. The third-order valence-electron chi connectivity index (χ3n) is 10.6. The van der Waals surface area contributed by atoms with E-state index in [0.717, 1.165) is 33.8 Å². The van der Waals surface area contributed by atoms with Gasteiger partial charge < -0.3 is 9.47 Å². The maximum Gasteiger partial charge on any atom is 0.0561 e. The molecule has 0 saturated carbocycles. The van der Waals surface area contributed by atoms with E-state index in [1.807, 2.05) is 0 Å². The Bertz CT molecular complexity index is 2910. The van der Waals surface area contributed by atoms with Gasteiger partial charge in [0.2, 0.25) is 0 Å². The molecule has 0 N–H and O–H groups in total. The van der Waals surface area contributed by atoms with Crippen molar-refractivity contribution < 1.29 is 0 Å². The van der Waals surface area contributed by atoms with Crippen molar-refractivity contribution in [3.8, 4) is 39.1 Å². The number of rotatable bonds is 7. The van der Waals surface area contributed by atoms with Gasteiger partial charge in [-0.1, -0.05) is 170 Å². The van der Waals surface area contributed by atoms with E-state index in [1.165, 1.54) is 54.9 Å². The molecule has 10 rings (SSSR count). The smallest absolute Gasteiger partial charge is 0.0561 e. The van der Waals surface area contributed by atoms with Crippen molar-refractivity contribution in [1.29, 1.82) is 0 Å². The number of nitrogens with zero attached hydrogens (tertiary/aromatic N) is 2. The van der Waals surface area contributed by atoms with Crippen molar-refractivity contribution >= 4 is 49.6 Å². The molecule has 0 spiro atoms. The minimum atomic E-state index is 1.09. The highest BCUT2D eigenvalue weighted by molar-refractivity contribution is 6.12. The molecule has 0 aliphatic heterocycles. The Kier molecular flexibility index (Phi) is 7.85. The second-order valence-corrected chi connectivity index (χ2v) is 13.7. The van der Waals surface area contributed by atoms with Crippen molar-refractivity contribution in [1.82, 2.24) is 4.57 Å². The highest BCUT2D eigenvalue weighted by Gasteiger charge is 2.23. The minimum Gasteiger partial charge on any atom is -0.309 e. The Morgan fingerprint density at radius 1 is 0.296 bits per heavy atom. The third-order valence-corrected chi connectivity index (χ3v) is 10.6. The second-order valence-electron chi connectivity index (χ2n) is 13.7. The van der Waals surface area contributed by atoms with Crippen LogP contribution < -0.4 is 4.90 Å². The van der Waals surface area contributed by atoms with E-state index in [9.17, 15) is 0 Å². The highest BCUT2D eigenvalue weighted by atomic mass is 15.1. The minimum absolute atomic E-state index is 1.09. The first-order chi connectivity index (χ1) is 26.8. The molecule has 54 heavy (non-hydrogen) atoms. The van der Waals surface area contributed by atoms with Crippen molar-refractivity contribution in [2.45, 2.75) is 0 Å². The third kappa shape index (κ3) is 5.44. The van der Waals surface area contributed by atoms with Crippen LogP contribution in [0.15, 0.2) is 218 Å². The molecule has 0 atom stereocenters. The molecule has 0 saturated heterocycles. The quantitative estimate of drug-likeness (QED) is 0.162. The van der Waals surface area contributed by atoms with E-state index < -0.39 is 0 Å². The number of hydrogen-bond acceptors (Lipinski definition) is 1. The van der Waals surface area contributed by atoms with Crippen molar-refractivity contribution in [3.63, 3.8) is 0 Å². The summed E-state index contributed by atoms with van der Waals surface area (Å²) in [5.41, 5.74) is 14.0. The molecule has 0 unspecified atom stereocenters. The molecule has 1 heterocycles. The van der Waals surface area contributed by atoms with Crippen LogP contribution in [-0.2, 0) is 0 Å². The number of fused-ring (bicyclic) bond motifs is 4. The zero-order valence-electron chi connectivity index (χ0n) is 29.7. The molecular formula is C52H36N2. The van der Waals surface area contributed by atoms with Crippen LogP contribution in [0.3, 0.4) is 0 Å². The highest BCUT2D eigenvalue weighted by Crippen LogP contribution is 2.47. The average molecular weight is 689 g/mol. The van der Waals surface area contributed by atoms with E-state index in [1.54, 1.807) is 0 Å². The summed E-state index contributed by atoms with van der Waals surface area (Å²) in [5, 5.41) is 4.87. The second kappa shape index (κ2) is 13.4. The lowest BCUT2D eigenvalue weighted by atomic mass is 9.94. The topological polar surface area (TPSA) is 8.17 Å². The summed E-state index contributed by atoms with van der Waals surface area (Å²) >= 11 is 0. The molecule has 10 aromatic rings. The van der Waals surface area contributed by atoms with Crippen LogP contribution in [0.1, 0.15) is 0 Å². The molecule has 9 aromatic carbocycles. The standard InChI is InChI=1S/C52H36N2/c1-5-17-37(18-6-1)40-29-33-51(48(35-40)39-21-9-3-10-22-39)54(50-34-32-43(38-19-7-2-8-20-38)44-25-13-14-26-45(44)50)42-30-31-47-46-27-15-16-28-49(46)53(52(47)36-42)41-23-11-4-12-24-41/h1-36H. The van der Waals surface area contributed by atoms with Crippen molar-refractivity contribution in [2.24, 2.45) is 0 Å². The van der Waals surface area contributed by atoms with Crippen LogP contribution >= 0.6 is 0 Å². The van der Waals surface area contributed by atoms with Crippen molar-refractivity contribution in [2.75, 3.05) is 4.90 Å². The molecule has 0 bridgehead atoms. The first-order valence-corrected chi connectivity index (χ1v) is 18.5. The van der Waals surface area contributed by atoms with E-state index in [-0.39, 0.29) is 0 Å². The first kappa shape index (κ1) is 31.6. The summed E-state index contributed by atoms with van der Waals surface area (Å²) in [4.78, 5) is 2.47. The number of anilines is 3. The first-order valence-electron chi connectivity index (χ1n) is 18.5. The molecule has 0 amide bonds. The number of hydrogen-bond donors (Lipinski definition) is 0. The van der Waals surface area contributed by atoms with Gasteiger partial charge in [-0.25, -0.2) is 0 Å². The van der Waals surface area contributed by atoms with E-state index >= 15 is 0 Å². The summed E-state index contributed by atoms with van der Waals surface area (Å²) in [5.74, 6) is 0. The predicted molar refractivity (Wildman–Crippen MR) is 229 cm³/mol. The summed E-state index contributed by atoms with van der Waals surface area (Å²) in [6, 6.07) is 79.0. The summed E-state index contributed by atoms with van der Waals surface area (Å²) in [6.07, 6.45) is 0. The summed E-state index contributed by atoms with van der Waals surface area (Å²) in [6.45, 7) is 0. The van der Waals surface area contributed by atoms with Gasteiger partial charge in [0.1, 0.15) is 0 Å². The zero-order chi connectivity index (χ0) is 35.8. The Balaban J connectivity index is 1.29. The van der Waals surface area contributed by atoms with Gasteiger partial charge in [0.15, 0.2) is 0 Å². The van der Waals surface area contributed by atoms with Gasteiger partial charge in [-0.2, -0.15) is 0 Å². The fourth-order valence-corrected chi connectivity index (χ4v) is 8.10. The lowest BCUT2D eigenvalue weighted by Crippen LogP contribution is -2.12. The van der Waals surface area contributed by atoms with Crippen LogP contribution in [0, 0.1) is 0 Å². The maximum atomic E-state index is 2.47. The van der Waals surface area contributed by atoms with Crippen LogP contribution in [-0.4, -0.2) is 4.57 Å². The summed E-state index contributed by atoms with van der Waals surface area (Å²) < 4.78 is 2.40. The van der Waals surface area contributed by atoms with Gasteiger partial charge in [-0.3, -0.25) is 0 Å². The lowest BCUT2D eigenvalue weighted by molar-refractivity contribution is 1.18. The molecule has 0 aliphatic rings. The molecular weight excluding hydrogens is 653 g/mol. The largest absolute Gasteiger partial charge is 0.309 e. The Morgan fingerprint density at radius 2 is 0.833 bits per heavy atom. The lowest BCUT2D eigenvalue weighted by Gasteiger charge is -2.30. The van der Waals surface area contributed by atoms with Crippen LogP contribution in [0.4, 0.5) is 17.1 Å². The fourth-order valence-electron chi connectivity index (χ4n) is 8.10. The Morgan fingerprint density at radius 3 is 1.54 bits per heavy atom. The zero-order valence-corrected chi connectivity index (χ0v) is 29.7. The van der Waals surface area contributed by atoms with Gasteiger partial charge in [-0.15, -0.1) is 0 Å². The van der Waals surface area contributed by atoms with Gasteiger partial charge in [-0.05, 0) is 81.7 Å². The number of para-hydroxylation sites is 2. The Labute approximate surface area is 315 Å². The molecule has 0 fully saturated rings. The number of benzene rings is 9. The van der Waals surface area contributed by atoms with Gasteiger partial charge in [0, 0.05) is 33.1 Å². The predicted octanol–water partition coefficient (Wildman–Crippen LogP) is 14.4. The van der Waals surface area contributed by atoms with Crippen molar-refractivity contribution in [3.05, 3.63) is 218 Å². The van der Waals surface area contributed by atoms with Gasteiger partial charge in [0.05, 0.1) is 22.4 Å². The molecule has 2 nitrogen and oxygen atoms in total. The fraction of sp³-hybridized carbons (Fsp3) is 0. The van der Waals surface area contributed by atoms with E-state index in [2.05, 4.69) is 228 Å². The summed E-state index contributed by atoms with van der Waals surface area (Å²) in [7, 11) is 0. The van der Waals surface area contributed by atoms with Crippen LogP contribution in [0.2, 0.25) is 0 Å². The van der Waals surface area contributed by atoms with Crippen LogP contribution in [0.5, 0.6) is 0 Å². The van der Waals surface area contributed by atoms with Crippen LogP contribution in [0.25, 0.3) is 71.6 Å². The molecule has 254 valence electrons. The monoisotopic (exact) mass is 688 g/mol. The molecule has 2 heteroatoms. The van der Waals surface area contributed by atoms with Gasteiger partial charge >= 0.3 is 0 Å². The number of aromatic nitrogens is 1. The van der Waals surface area contributed by atoms with Gasteiger partial charge in [0.25, 0.3) is 0 Å². The SMILES string of the molecule is c1ccc(-c2ccc(N(c3ccc4c5ccccc5n(-c5ccccc5)c4c3)c3ccc(-c4ccccc4)c4ccccc34)c(-c3ccccc3)c2)cc1. The van der Waals surface area contributed by atoms with E-state index in [0.29, 0.717) is 0 Å². The van der Waals surface area contributed by atoms with E-state index in [4.69, 9.17) is 0 Å². The normalized spacial score (nSPS) is 11.3. The molecule has 0 radical (unpaired) electrons. The average Bonchev–Trinajstić information content (AvgIpc) is 3.59. The molecule has 1 aromatic heterocycles. The Hall–Kier alpha value is -7.16.